The van der Waals surface area contributed by atoms with Crippen LogP contribution in [0.5, 0.6) is 11.5 Å². The third kappa shape index (κ3) is 3.76. The van der Waals surface area contributed by atoms with Gasteiger partial charge in [-0.25, -0.2) is 8.42 Å². The minimum atomic E-state index is -3.53. The van der Waals surface area contributed by atoms with Gasteiger partial charge in [-0.2, -0.15) is 9.40 Å². The van der Waals surface area contributed by atoms with Crippen molar-refractivity contribution >= 4 is 27.3 Å². The average Bonchev–Trinajstić information content (AvgIpc) is 3.48. The highest BCUT2D eigenvalue weighted by Crippen LogP contribution is 2.35. The summed E-state index contributed by atoms with van der Waals surface area (Å²) in [4.78, 5) is 15.8. The second-order valence-corrected chi connectivity index (χ2v) is 11.0. The van der Waals surface area contributed by atoms with Gasteiger partial charge in [-0.05, 0) is 37.3 Å². The van der Waals surface area contributed by atoms with Crippen molar-refractivity contribution in [3.63, 3.8) is 0 Å². The molecular weight excluding hydrogens is 452 g/mol. The zero-order valence-electron chi connectivity index (χ0n) is 17.4. The van der Waals surface area contributed by atoms with Gasteiger partial charge in [0.05, 0.1) is 17.5 Å². The predicted octanol–water partition coefficient (Wildman–Crippen LogP) is 2.36. The summed E-state index contributed by atoms with van der Waals surface area (Å²) in [5.74, 6) is 1.11. The first-order chi connectivity index (χ1) is 15.4. The summed E-state index contributed by atoms with van der Waals surface area (Å²) >= 11 is 1.26. The molecule has 1 saturated heterocycles. The smallest absolute Gasteiger partial charge is 0.257 e. The Bertz CT molecular complexity index is 1260. The van der Waals surface area contributed by atoms with Gasteiger partial charge in [-0.15, -0.1) is 11.3 Å². The zero-order chi connectivity index (χ0) is 22.3. The van der Waals surface area contributed by atoms with E-state index in [9.17, 15) is 13.2 Å². The lowest BCUT2D eigenvalue weighted by molar-refractivity contribution is 0.0699. The molecule has 2 aliphatic heterocycles. The number of aryl methyl sites for hydroxylation is 1. The quantitative estimate of drug-likeness (QED) is 0.623. The van der Waals surface area contributed by atoms with Crippen LogP contribution in [0.2, 0.25) is 0 Å². The maximum absolute atomic E-state index is 13.2. The van der Waals surface area contributed by atoms with E-state index in [0.29, 0.717) is 53.3 Å². The second-order valence-electron chi connectivity index (χ2n) is 7.58. The van der Waals surface area contributed by atoms with Gasteiger partial charge in [-0.1, -0.05) is 0 Å². The Morgan fingerprint density at radius 1 is 1.06 bits per heavy atom. The summed E-state index contributed by atoms with van der Waals surface area (Å²) in [6.45, 7) is 3.99. The largest absolute Gasteiger partial charge is 0.486 e. The number of fused-ring (bicyclic) bond motifs is 1. The van der Waals surface area contributed by atoms with Crippen molar-refractivity contribution in [3.8, 4) is 22.8 Å². The van der Waals surface area contributed by atoms with Crippen molar-refractivity contribution in [1.29, 1.82) is 0 Å². The maximum atomic E-state index is 13.2. The number of rotatable bonds is 4. The number of piperazine rings is 1. The molecule has 0 atom stereocenters. The second kappa shape index (κ2) is 8.23. The van der Waals surface area contributed by atoms with E-state index in [2.05, 4.69) is 10.2 Å². The first kappa shape index (κ1) is 21.0. The number of aromatic nitrogens is 2. The third-order valence-corrected chi connectivity index (χ3v) is 8.90. The summed E-state index contributed by atoms with van der Waals surface area (Å²) in [6.07, 6.45) is 1.51. The number of carbonyl (C=O) groups excluding carboxylic acids is 1. The van der Waals surface area contributed by atoms with Crippen LogP contribution in [0, 0.1) is 6.92 Å². The van der Waals surface area contributed by atoms with Crippen LogP contribution in [0.3, 0.4) is 0 Å². The number of nitrogens with one attached hydrogen (secondary N) is 1. The highest BCUT2D eigenvalue weighted by atomic mass is 32.2. The number of nitrogens with zero attached hydrogens (tertiary/aromatic N) is 3. The molecular formula is C21H22N4O5S2. The monoisotopic (exact) mass is 474 g/mol. The van der Waals surface area contributed by atoms with Gasteiger partial charge < -0.3 is 14.4 Å². The first-order valence-corrected chi connectivity index (χ1v) is 12.5. The van der Waals surface area contributed by atoms with E-state index in [1.165, 1.54) is 21.8 Å². The van der Waals surface area contributed by atoms with E-state index < -0.39 is 10.0 Å². The van der Waals surface area contributed by atoms with Gasteiger partial charge in [0, 0.05) is 36.6 Å². The molecule has 1 aromatic carbocycles. The molecule has 11 heteroatoms. The van der Waals surface area contributed by atoms with Crippen molar-refractivity contribution < 1.29 is 22.7 Å². The summed E-state index contributed by atoms with van der Waals surface area (Å²) < 4.78 is 38.7. The Kier molecular flexibility index (Phi) is 5.39. The van der Waals surface area contributed by atoms with Gasteiger partial charge in [-0.3, -0.25) is 9.89 Å². The number of thiophene rings is 1. The Hall–Kier alpha value is -2.89. The van der Waals surface area contributed by atoms with Gasteiger partial charge >= 0.3 is 0 Å². The molecule has 1 amide bonds. The predicted molar refractivity (Wildman–Crippen MR) is 119 cm³/mol. The molecule has 2 aliphatic rings. The Morgan fingerprint density at radius 2 is 1.81 bits per heavy atom. The lowest BCUT2D eigenvalue weighted by Gasteiger charge is -2.33. The fraction of sp³-hybridized carbons (Fsp3) is 0.333. The molecule has 0 bridgehead atoms. The van der Waals surface area contributed by atoms with Crippen LogP contribution >= 0.6 is 11.3 Å². The van der Waals surface area contributed by atoms with Gasteiger partial charge in [0.2, 0.25) is 0 Å². The van der Waals surface area contributed by atoms with E-state index in [1.54, 1.807) is 17.0 Å². The van der Waals surface area contributed by atoms with Crippen LogP contribution in [0.1, 0.15) is 15.2 Å². The molecule has 0 saturated carbocycles. The van der Waals surface area contributed by atoms with Crippen LogP contribution in [-0.2, 0) is 10.0 Å². The molecule has 0 spiro atoms. The number of aromatic amines is 1. The number of H-pyrrole nitrogens is 1. The fourth-order valence-corrected chi connectivity index (χ4v) is 6.71. The van der Waals surface area contributed by atoms with Crippen molar-refractivity contribution in [3.05, 3.63) is 47.0 Å². The summed E-state index contributed by atoms with van der Waals surface area (Å²) in [6, 6.07) is 8.93. The summed E-state index contributed by atoms with van der Waals surface area (Å²) in [7, 11) is -3.53. The molecule has 0 aliphatic carbocycles. The van der Waals surface area contributed by atoms with Crippen LogP contribution in [0.15, 0.2) is 40.7 Å². The lowest BCUT2D eigenvalue weighted by atomic mass is 10.1. The number of sulfonamides is 1. The normalized spacial score (nSPS) is 16.8. The maximum Gasteiger partial charge on any atom is 0.257 e. The Balaban J connectivity index is 1.31. The number of amides is 1. The van der Waals surface area contributed by atoms with Crippen LogP contribution < -0.4 is 9.47 Å². The van der Waals surface area contributed by atoms with Crippen molar-refractivity contribution in [2.75, 3.05) is 39.4 Å². The standard InChI is InChI=1S/C21H22N4O5S2/c1-14-2-5-19(31-14)32(27,28)25-8-6-24(7-9-25)21(26)16-13-22-23-20(16)15-3-4-17-18(12-15)30-11-10-29-17/h2-5,12-13H,6-11H2,1H3,(H,22,23). The van der Waals surface area contributed by atoms with E-state index in [-0.39, 0.29) is 19.0 Å². The molecule has 3 aromatic rings. The molecule has 1 fully saturated rings. The Labute approximate surface area is 189 Å². The molecule has 0 radical (unpaired) electrons. The molecule has 168 valence electrons. The number of benzene rings is 1. The van der Waals surface area contributed by atoms with E-state index >= 15 is 0 Å². The minimum absolute atomic E-state index is 0.187. The highest BCUT2D eigenvalue weighted by molar-refractivity contribution is 7.91. The number of carbonyl (C=O) groups is 1. The van der Waals surface area contributed by atoms with Crippen molar-refractivity contribution in [2.45, 2.75) is 11.1 Å². The molecule has 9 nitrogen and oxygen atoms in total. The average molecular weight is 475 g/mol. The lowest BCUT2D eigenvalue weighted by Crippen LogP contribution is -2.50. The van der Waals surface area contributed by atoms with Gasteiger partial charge in [0.15, 0.2) is 11.5 Å². The van der Waals surface area contributed by atoms with Gasteiger partial charge in [0.1, 0.15) is 17.4 Å². The topological polar surface area (TPSA) is 105 Å². The van der Waals surface area contributed by atoms with Gasteiger partial charge in [0.25, 0.3) is 15.9 Å². The highest BCUT2D eigenvalue weighted by Gasteiger charge is 2.32. The number of hydrogen-bond donors (Lipinski definition) is 1. The number of ether oxygens (including phenoxy) is 2. The summed E-state index contributed by atoms with van der Waals surface area (Å²) in [5, 5.41) is 6.98. The Morgan fingerprint density at radius 3 is 2.53 bits per heavy atom. The molecule has 4 heterocycles. The summed E-state index contributed by atoms with van der Waals surface area (Å²) in [5.41, 5.74) is 1.80. The fourth-order valence-electron chi connectivity index (χ4n) is 3.85. The molecule has 2 aromatic heterocycles. The first-order valence-electron chi connectivity index (χ1n) is 10.2. The minimum Gasteiger partial charge on any atom is -0.486 e. The molecule has 0 unspecified atom stereocenters. The van der Waals surface area contributed by atoms with Crippen LogP contribution in [0.25, 0.3) is 11.3 Å². The van der Waals surface area contributed by atoms with Crippen LogP contribution in [0.4, 0.5) is 0 Å². The van der Waals surface area contributed by atoms with E-state index in [0.717, 1.165) is 10.4 Å². The van der Waals surface area contributed by atoms with E-state index in [1.807, 2.05) is 25.1 Å². The van der Waals surface area contributed by atoms with E-state index in [4.69, 9.17) is 9.47 Å². The van der Waals surface area contributed by atoms with Crippen molar-refractivity contribution in [2.24, 2.45) is 0 Å². The SMILES string of the molecule is Cc1ccc(S(=O)(=O)N2CCN(C(=O)c3cn[nH]c3-c3ccc4c(c3)OCCO4)CC2)s1. The van der Waals surface area contributed by atoms with Crippen molar-refractivity contribution in [1.82, 2.24) is 19.4 Å². The third-order valence-electron chi connectivity index (χ3n) is 5.54. The molecule has 5 rings (SSSR count). The zero-order valence-corrected chi connectivity index (χ0v) is 19.0. The molecule has 32 heavy (non-hydrogen) atoms. The number of hydrogen-bond acceptors (Lipinski definition) is 7. The van der Waals surface area contributed by atoms with Crippen LogP contribution in [-0.4, -0.2) is 73.1 Å². The molecule has 1 N–H and O–H groups in total.